The molecule has 0 aliphatic carbocycles. The second kappa shape index (κ2) is 3.55. The number of alkyl halides is 2. The summed E-state index contributed by atoms with van der Waals surface area (Å²) in [6.45, 7) is 2.67. The lowest BCUT2D eigenvalue weighted by Crippen LogP contribution is -2.55. The number of nitrogens with one attached hydrogen (secondary N) is 1. The van der Waals surface area contributed by atoms with Crippen molar-refractivity contribution in [3.8, 4) is 0 Å². The molecule has 1 heterocycles. The SMILES string of the molecule is CC1CN(CC(F)(F)C(=O)NN)C1. The molecule has 1 saturated heterocycles. The van der Waals surface area contributed by atoms with Gasteiger partial charge in [0.15, 0.2) is 0 Å². The number of likely N-dealkylation sites (tertiary alicyclic amines) is 1. The molecule has 0 spiro atoms. The van der Waals surface area contributed by atoms with Gasteiger partial charge >= 0.3 is 11.8 Å². The first-order valence-corrected chi connectivity index (χ1v) is 4.07. The number of nitrogens with two attached hydrogens (primary N) is 1. The molecule has 0 aromatic heterocycles. The monoisotopic (exact) mass is 193 g/mol. The predicted octanol–water partition coefficient (Wildman–Crippen LogP) is -0.437. The molecule has 0 radical (unpaired) electrons. The summed E-state index contributed by atoms with van der Waals surface area (Å²) in [6, 6.07) is 0. The summed E-state index contributed by atoms with van der Waals surface area (Å²) in [7, 11) is 0. The maximum Gasteiger partial charge on any atom is 0.338 e. The van der Waals surface area contributed by atoms with Crippen molar-refractivity contribution in [3.63, 3.8) is 0 Å². The number of hydrazine groups is 1. The topological polar surface area (TPSA) is 58.4 Å². The van der Waals surface area contributed by atoms with Gasteiger partial charge in [-0.1, -0.05) is 6.92 Å². The Bertz CT molecular complexity index is 204. The van der Waals surface area contributed by atoms with E-state index in [9.17, 15) is 13.6 Å². The molecule has 1 aliphatic rings. The summed E-state index contributed by atoms with van der Waals surface area (Å²) < 4.78 is 25.8. The number of halogens is 2. The number of carbonyl (C=O) groups excluding carboxylic acids is 1. The molecular formula is C7H13F2N3O. The first-order chi connectivity index (χ1) is 5.95. The molecule has 1 fully saturated rings. The van der Waals surface area contributed by atoms with Crippen LogP contribution in [0.1, 0.15) is 6.92 Å². The highest BCUT2D eigenvalue weighted by Gasteiger charge is 2.42. The van der Waals surface area contributed by atoms with E-state index in [2.05, 4.69) is 5.84 Å². The van der Waals surface area contributed by atoms with E-state index in [1.165, 1.54) is 10.3 Å². The van der Waals surface area contributed by atoms with Crippen LogP contribution in [-0.2, 0) is 4.79 Å². The van der Waals surface area contributed by atoms with E-state index in [-0.39, 0.29) is 0 Å². The van der Waals surface area contributed by atoms with E-state index < -0.39 is 18.4 Å². The van der Waals surface area contributed by atoms with Gasteiger partial charge in [-0.3, -0.25) is 15.1 Å². The second-order valence-electron chi connectivity index (χ2n) is 3.48. The molecule has 13 heavy (non-hydrogen) atoms. The Morgan fingerprint density at radius 3 is 2.62 bits per heavy atom. The van der Waals surface area contributed by atoms with E-state index in [1.807, 2.05) is 6.92 Å². The van der Waals surface area contributed by atoms with Crippen molar-refractivity contribution >= 4 is 5.91 Å². The van der Waals surface area contributed by atoms with Gasteiger partial charge in [0, 0.05) is 13.1 Å². The molecule has 1 amide bonds. The summed E-state index contributed by atoms with van der Waals surface area (Å²) in [5.41, 5.74) is 1.45. The average Bonchev–Trinajstić information content (AvgIpc) is 1.99. The van der Waals surface area contributed by atoms with Gasteiger partial charge in [-0.2, -0.15) is 8.78 Å². The van der Waals surface area contributed by atoms with Crippen molar-refractivity contribution in [1.82, 2.24) is 10.3 Å². The summed E-state index contributed by atoms with van der Waals surface area (Å²) in [5, 5.41) is 0. The van der Waals surface area contributed by atoms with Gasteiger partial charge in [0.1, 0.15) is 0 Å². The van der Waals surface area contributed by atoms with E-state index >= 15 is 0 Å². The average molecular weight is 193 g/mol. The maximum absolute atomic E-state index is 12.9. The van der Waals surface area contributed by atoms with Crippen molar-refractivity contribution in [2.75, 3.05) is 19.6 Å². The molecule has 0 aromatic rings. The van der Waals surface area contributed by atoms with Gasteiger partial charge in [-0.05, 0) is 5.92 Å². The fourth-order valence-electron chi connectivity index (χ4n) is 1.42. The van der Waals surface area contributed by atoms with Crippen molar-refractivity contribution in [3.05, 3.63) is 0 Å². The first kappa shape index (κ1) is 10.3. The molecule has 0 bridgehead atoms. The van der Waals surface area contributed by atoms with Crippen LogP contribution in [-0.4, -0.2) is 36.4 Å². The van der Waals surface area contributed by atoms with Gasteiger partial charge in [0.2, 0.25) is 0 Å². The van der Waals surface area contributed by atoms with Crippen LogP contribution in [0.4, 0.5) is 8.78 Å². The lowest BCUT2D eigenvalue weighted by atomic mass is 10.0. The highest BCUT2D eigenvalue weighted by molar-refractivity contribution is 5.83. The Morgan fingerprint density at radius 1 is 1.69 bits per heavy atom. The third-order valence-corrected chi connectivity index (χ3v) is 2.03. The quantitative estimate of drug-likeness (QED) is 0.363. The second-order valence-corrected chi connectivity index (χ2v) is 3.48. The zero-order valence-corrected chi connectivity index (χ0v) is 7.39. The lowest BCUT2D eigenvalue weighted by molar-refractivity contribution is -0.150. The molecule has 3 N–H and O–H groups in total. The molecule has 0 aromatic carbocycles. The van der Waals surface area contributed by atoms with E-state index in [1.54, 1.807) is 0 Å². The third kappa shape index (κ3) is 2.35. The summed E-state index contributed by atoms with van der Waals surface area (Å²) >= 11 is 0. The Hall–Kier alpha value is -0.750. The number of amides is 1. The highest BCUT2D eigenvalue weighted by Crippen LogP contribution is 2.21. The molecule has 0 unspecified atom stereocenters. The van der Waals surface area contributed by atoms with Crippen LogP contribution in [0.3, 0.4) is 0 Å². The summed E-state index contributed by atoms with van der Waals surface area (Å²) in [6.07, 6.45) is 0. The van der Waals surface area contributed by atoms with Crippen LogP contribution < -0.4 is 11.3 Å². The van der Waals surface area contributed by atoms with E-state index in [0.29, 0.717) is 19.0 Å². The van der Waals surface area contributed by atoms with E-state index in [4.69, 9.17) is 0 Å². The van der Waals surface area contributed by atoms with E-state index in [0.717, 1.165) is 0 Å². The Balaban J connectivity index is 2.38. The fraction of sp³-hybridized carbons (Fsp3) is 0.857. The fourth-order valence-corrected chi connectivity index (χ4v) is 1.42. The van der Waals surface area contributed by atoms with Crippen LogP contribution in [0, 0.1) is 5.92 Å². The molecule has 1 aliphatic heterocycles. The summed E-state index contributed by atoms with van der Waals surface area (Å²) in [4.78, 5) is 12.1. The smallest absolute Gasteiger partial charge is 0.296 e. The van der Waals surface area contributed by atoms with Crippen LogP contribution in [0.2, 0.25) is 0 Å². The standard InChI is InChI=1S/C7H13F2N3O/c1-5-2-12(3-5)4-7(8,9)6(13)11-10/h5H,2-4,10H2,1H3,(H,11,13). The molecule has 76 valence electrons. The number of hydrogen-bond acceptors (Lipinski definition) is 3. The molecular weight excluding hydrogens is 180 g/mol. The van der Waals surface area contributed by atoms with Crippen LogP contribution in [0.15, 0.2) is 0 Å². The molecule has 0 saturated carbocycles. The van der Waals surface area contributed by atoms with Crippen molar-refractivity contribution < 1.29 is 13.6 Å². The Morgan fingerprint density at radius 2 is 2.23 bits per heavy atom. The summed E-state index contributed by atoms with van der Waals surface area (Å²) in [5.74, 6) is 0.260. The minimum Gasteiger partial charge on any atom is -0.296 e. The minimum absolute atomic E-state index is 0.441. The number of nitrogens with zero attached hydrogens (tertiary/aromatic N) is 1. The zero-order chi connectivity index (χ0) is 10.1. The van der Waals surface area contributed by atoms with Crippen molar-refractivity contribution in [1.29, 1.82) is 0 Å². The normalized spacial score (nSPS) is 19.7. The maximum atomic E-state index is 12.9. The largest absolute Gasteiger partial charge is 0.338 e. The van der Waals surface area contributed by atoms with Gasteiger partial charge in [0.05, 0.1) is 6.54 Å². The van der Waals surface area contributed by atoms with Gasteiger partial charge < -0.3 is 0 Å². The Kier molecular flexibility index (Phi) is 2.82. The van der Waals surface area contributed by atoms with Crippen LogP contribution in [0.25, 0.3) is 0 Å². The van der Waals surface area contributed by atoms with Gasteiger partial charge in [0.25, 0.3) is 0 Å². The first-order valence-electron chi connectivity index (χ1n) is 4.07. The highest BCUT2D eigenvalue weighted by atomic mass is 19.3. The van der Waals surface area contributed by atoms with Gasteiger partial charge in [-0.15, -0.1) is 0 Å². The molecule has 6 heteroatoms. The molecule has 0 atom stereocenters. The number of hydrogen-bond donors (Lipinski definition) is 2. The minimum atomic E-state index is -3.38. The Labute approximate surface area is 75.0 Å². The van der Waals surface area contributed by atoms with Crippen molar-refractivity contribution in [2.24, 2.45) is 11.8 Å². The van der Waals surface area contributed by atoms with Gasteiger partial charge in [-0.25, -0.2) is 5.84 Å². The predicted molar refractivity (Wildman–Crippen MR) is 42.9 cm³/mol. The zero-order valence-electron chi connectivity index (χ0n) is 7.39. The molecule has 1 rings (SSSR count). The number of rotatable bonds is 3. The van der Waals surface area contributed by atoms with Crippen molar-refractivity contribution in [2.45, 2.75) is 12.8 Å². The van der Waals surface area contributed by atoms with Crippen LogP contribution >= 0.6 is 0 Å². The van der Waals surface area contributed by atoms with Crippen LogP contribution in [0.5, 0.6) is 0 Å². The lowest BCUT2D eigenvalue weighted by Gasteiger charge is -2.38. The molecule has 4 nitrogen and oxygen atoms in total. The number of carbonyl (C=O) groups is 1. The third-order valence-electron chi connectivity index (χ3n) is 2.03.